The summed E-state index contributed by atoms with van der Waals surface area (Å²) < 4.78 is 10.3. The molecule has 0 radical (unpaired) electrons. The van der Waals surface area contributed by atoms with Gasteiger partial charge in [-0.15, -0.1) is 0 Å². The summed E-state index contributed by atoms with van der Waals surface area (Å²) in [4.78, 5) is 35.8. The zero-order valence-corrected chi connectivity index (χ0v) is 17.9. The molecule has 0 aliphatic carbocycles. The summed E-state index contributed by atoms with van der Waals surface area (Å²) in [5.41, 5.74) is 2.74. The van der Waals surface area contributed by atoms with Crippen LogP contribution in [0.1, 0.15) is 28.4 Å². The lowest BCUT2D eigenvalue weighted by atomic mass is 10.1. The Balaban J connectivity index is 1.53. The molecule has 0 heterocycles. The fourth-order valence-electron chi connectivity index (χ4n) is 3.08. The van der Waals surface area contributed by atoms with Crippen LogP contribution in [-0.4, -0.2) is 24.9 Å². The number of hydrogen-bond donors (Lipinski definition) is 2. The summed E-state index contributed by atoms with van der Waals surface area (Å²) in [5.74, 6) is 0.111. The van der Waals surface area contributed by atoms with E-state index in [2.05, 4.69) is 10.6 Å². The van der Waals surface area contributed by atoms with Gasteiger partial charge in [-0.2, -0.15) is 0 Å². The first-order valence-corrected chi connectivity index (χ1v) is 10.0. The molecule has 164 valence electrons. The van der Waals surface area contributed by atoms with Gasteiger partial charge in [0.15, 0.2) is 0 Å². The van der Waals surface area contributed by atoms with Crippen LogP contribution in [0, 0.1) is 0 Å². The van der Waals surface area contributed by atoms with E-state index in [1.165, 1.54) is 13.0 Å². The summed E-state index contributed by atoms with van der Waals surface area (Å²) in [6, 6.07) is 21.0. The van der Waals surface area contributed by atoms with Gasteiger partial charge in [0.2, 0.25) is 5.91 Å². The van der Waals surface area contributed by atoms with Crippen molar-refractivity contribution in [1.29, 1.82) is 0 Å². The van der Waals surface area contributed by atoms with Gasteiger partial charge in [0.05, 0.1) is 13.5 Å². The predicted molar refractivity (Wildman–Crippen MR) is 121 cm³/mol. The lowest BCUT2D eigenvalue weighted by molar-refractivity contribution is -0.131. The van der Waals surface area contributed by atoms with Gasteiger partial charge in [-0.25, -0.2) is 0 Å². The van der Waals surface area contributed by atoms with E-state index in [-0.39, 0.29) is 18.2 Å². The molecule has 0 unspecified atom stereocenters. The molecule has 32 heavy (non-hydrogen) atoms. The van der Waals surface area contributed by atoms with E-state index in [4.69, 9.17) is 9.47 Å². The van der Waals surface area contributed by atoms with Gasteiger partial charge in [-0.3, -0.25) is 14.4 Å². The largest absolute Gasteiger partial charge is 0.496 e. The molecule has 0 atom stereocenters. The van der Waals surface area contributed by atoms with E-state index in [0.29, 0.717) is 29.3 Å². The van der Waals surface area contributed by atoms with Crippen LogP contribution in [-0.2, 0) is 22.6 Å². The molecule has 0 saturated carbocycles. The standard InChI is InChI=1S/C25H24N2O5/c1-17(28)32-22-8-5-7-20(14-22)25(30)26-16-18-10-12-21(13-11-18)27-24(29)15-19-6-3-4-9-23(19)31-2/h3-14H,15-16H2,1-2H3,(H,26,30)(H,27,29). The summed E-state index contributed by atoms with van der Waals surface area (Å²) in [7, 11) is 1.57. The van der Waals surface area contributed by atoms with E-state index in [1.54, 1.807) is 37.4 Å². The van der Waals surface area contributed by atoms with Crippen molar-refractivity contribution in [2.75, 3.05) is 12.4 Å². The van der Waals surface area contributed by atoms with E-state index in [9.17, 15) is 14.4 Å². The SMILES string of the molecule is COc1ccccc1CC(=O)Nc1ccc(CNC(=O)c2cccc(OC(C)=O)c2)cc1. The molecule has 7 heteroatoms. The van der Waals surface area contributed by atoms with Gasteiger partial charge in [0, 0.05) is 30.3 Å². The van der Waals surface area contributed by atoms with Crippen LogP contribution in [0.3, 0.4) is 0 Å². The van der Waals surface area contributed by atoms with E-state index in [1.807, 2.05) is 36.4 Å². The number of para-hydroxylation sites is 1. The zero-order chi connectivity index (χ0) is 22.9. The zero-order valence-electron chi connectivity index (χ0n) is 17.9. The number of carbonyl (C=O) groups excluding carboxylic acids is 3. The van der Waals surface area contributed by atoms with Gasteiger partial charge >= 0.3 is 5.97 Å². The molecular formula is C25H24N2O5. The lowest BCUT2D eigenvalue weighted by Crippen LogP contribution is -2.22. The minimum absolute atomic E-state index is 0.150. The maximum absolute atomic E-state index is 12.4. The maximum atomic E-state index is 12.4. The van der Waals surface area contributed by atoms with Crippen LogP contribution in [0.4, 0.5) is 5.69 Å². The number of amides is 2. The van der Waals surface area contributed by atoms with Crippen LogP contribution >= 0.6 is 0 Å². The maximum Gasteiger partial charge on any atom is 0.308 e. The molecule has 7 nitrogen and oxygen atoms in total. The molecule has 0 spiro atoms. The van der Waals surface area contributed by atoms with Crippen molar-refractivity contribution in [1.82, 2.24) is 5.32 Å². The quantitative estimate of drug-likeness (QED) is 0.418. The second-order valence-corrected chi connectivity index (χ2v) is 7.04. The smallest absolute Gasteiger partial charge is 0.308 e. The van der Waals surface area contributed by atoms with Gasteiger partial charge in [-0.05, 0) is 42.0 Å². The number of rotatable bonds is 8. The van der Waals surface area contributed by atoms with Crippen molar-refractivity contribution in [3.63, 3.8) is 0 Å². The molecule has 2 N–H and O–H groups in total. The number of methoxy groups -OCH3 is 1. The molecule has 2 amide bonds. The molecular weight excluding hydrogens is 408 g/mol. The highest BCUT2D eigenvalue weighted by molar-refractivity contribution is 5.95. The highest BCUT2D eigenvalue weighted by atomic mass is 16.5. The Labute approximate surface area is 186 Å². The van der Waals surface area contributed by atoms with Crippen molar-refractivity contribution in [3.05, 3.63) is 89.5 Å². The fourth-order valence-corrected chi connectivity index (χ4v) is 3.08. The Morgan fingerprint density at radius 3 is 2.38 bits per heavy atom. The average Bonchev–Trinajstić information content (AvgIpc) is 2.78. The van der Waals surface area contributed by atoms with Gasteiger partial charge in [0.25, 0.3) is 5.91 Å². The minimum Gasteiger partial charge on any atom is -0.496 e. The number of nitrogens with one attached hydrogen (secondary N) is 2. The van der Waals surface area contributed by atoms with E-state index in [0.717, 1.165) is 11.1 Å². The van der Waals surface area contributed by atoms with Gasteiger partial charge in [0.1, 0.15) is 11.5 Å². The Morgan fingerprint density at radius 2 is 1.66 bits per heavy atom. The molecule has 0 aromatic heterocycles. The van der Waals surface area contributed by atoms with Crippen molar-refractivity contribution < 1.29 is 23.9 Å². The Bertz CT molecular complexity index is 1110. The summed E-state index contributed by atoms with van der Waals surface area (Å²) in [5, 5.41) is 5.68. The average molecular weight is 432 g/mol. The first-order chi connectivity index (χ1) is 15.4. The van der Waals surface area contributed by atoms with Gasteiger partial charge < -0.3 is 20.1 Å². The minimum atomic E-state index is -0.447. The first-order valence-electron chi connectivity index (χ1n) is 10.0. The molecule has 0 saturated heterocycles. The number of benzene rings is 3. The number of hydrogen-bond acceptors (Lipinski definition) is 5. The summed E-state index contributed by atoms with van der Waals surface area (Å²) >= 11 is 0. The third-order valence-electron chi connectivity index (χ3n) is 4.59. The molecule has 3 aromatic carbocycles. The molecule has 0 bridgehead atoms. The second-order valence-electron chi connectivity index (χ2n) is 7.04. The number of carbonyl (C=O) groups is 3. The Morgan fingerprint density at radius 1 is 0.906 bits per heavy atom. The van der Waals surface area contributed by atoms with Crippen molar-refractivity contribution >= 4 is 23.5 Å². The van der Waals surface area contributed by atoms with Crippen LogP contribution < -0.4 is 20.1 Å². The number of esters is 1. The molecule has 3 aromatic rings. The van der Waals surface area contributed by atoms with Gasteiger partial charge in [-0.1, -0.05) is 36.4 Å². The summed E-state index contributed by atoms with van der Waals surface area (Å²) in [6.45, 7) is 1.61. The second kappa shape index (κ2) is 10.8. The third-order valence-corrected chi connectivity index (χ3v) is 4.59. The van der Waals surface area contributed by atoms with Crippen molar-refractivity contribution in [3.8, 4) is 11.5 Å². The van der Waals surface area contributed by atoms with Crippen LogP contribution in [0.15, 0.2) is 72.8 Å². The normalized spacial score (nSPS) is 10.2. The van der Waals surface area contributed by atoms with Crippen LogP contribution in [0.5, 0.6) is 11.5 Å². The highest BCUT2D eigenvalue weighted by Gasteiger charge is 2.10. The molecule has 3 rings (SSSR count). The Hall–Kier alpha value is -4.13. The van der Waals surface area contributed by atoms with E-state index >= 15 is 0 Å². The predicted octanol–water partition coefficient (Wildman–Crippen LogP) is 3.73. The van der Waals surface area contributed by atoms with Crippen molar-refractivity contribution in [2.24, 2.45) is 0 Å². The monoisotopic (exact) mass is 432 g/mol. The topological polar surface area (TPSA) is 93.7 Å². The lowest BCUT2D eigenvalue weighted by Gasteiger charge is -2.10. The molecule has 0 aliphatic heterocycles. The fraction of sp³-hybridized carbons (Fsp3) is 0.160. The Kier molecular flexibility index (Phi) is 7.59. The number of anilines is 1. The summed E-state index contributed by atoms with van der Waals surface area (Å²) in [6.07, 6.45) is 0.203. The van der Waals surface area contributed by atoms with E-state index < -0.39 is 5.97 Å². The third kappa shape index (κ3) is 6.43. The van der Waals surface area contributed by atoms with Crippen LogP contribution in [0.2, 0.25) is 0 Å². The van der Waals surface area contributed by atoms with Crippen molar-refractivity contribution in [2.45, 2.75) is 19.9 Å². The highest BCUT2D eigenvalue weighted by Crippen LogP contribution is 2.19. The molecule has 0 aliphatic rings. The number of ether oxygens (including phenoxy) is 2. The molecule has 0 fully saturated rings. The first kappa shape index (κ1) is 22.6. The van der Waals surface area contributed by atoms with Crippen LogP contribution in [0.25, 0.3) is 0 Å².